The lowest BCUT2D eigenvalue weighted by Crippen LogP contribution is -2.57. The molecule has 1 aliphatic rings. The van der Waals surface area contributed by atoms with Crippen LogP contribution in [0, 0.1) is 5.92 Å². The number of hydrogen-bond donors (Lipinski definition) is 5. The van der Waals surface area contributed by atoms with Crippen LogP contribution in [-0.4, -0.2) is 76.9 Å². The minimum Gasteiger partial charge on any atom is -0.480 e. The zero-order valence-electron chi connectivity index (χ0n) is 19.3. The first-order valence-corrected chi connectivity index (χ1v) is 13.2. The maximum Gasteiger partial charge on any atom is 0.326 e. The van der Waals surface area contributed by atoms with Crippen LogP contribution >= 0.6 is 24.4 Å². The van der Waals surface area contributed by atoms with Gasteiger partial charge in [-0.15, -0.1) is 0 Å². The molecule has 0 bridgehead atoms. The molecule has 9 heteroatoms. The molecule has 0 spiro atoms. The summed E-state index contributed by atoms with van der Waals surface area (Å²) in [5.74, 6) is 0.419. The molecule has 180 valence electrons. The van der Waals surface area contributed by atoms with Crippen LogP contribution in [0.25, 0.3) is 0 Å². The third-order valence-corrected chi connectivity index (χ3v) is 7.10. The van der Waals surface area contributed by atoms with Crippen LogP contribution in [0.3, 0.4) is 0 Å². The summed E-state index contributed by atoms with van der Waals surface area (Å²) in [6.45, 7) is 6.29. The summed E-state index contributed by atoms with van der Waals surface area (Å²) in [6.07, 6.45) is 2.90. The normalized spacial score (nSPS) is 19.2. The monoisotopic (exact) mass is 482 g/mol. The molecule has 0 saturated carbocycles. The summed E-state index contributed by atoms with van der Waals surface area (Å²) in [5, 5.41) is 15.9. The minimum absolute atomic E-state index is 0.0338. The number of thioether (sulfide) groups is 1. The van der Waals surface area contributed by atoms with E-state index in [1.807, 2.05) is 18.4 Å². The van der Waals surface area contributed by atoms with Gasteiger partial charge in [0.2, 0.25) is 5.91 Å². The fraction of sp³-hybridized carbons (Fsp3) is 0.652. The Morgan fingerprint density at radius 1 is 1.31 bits per heavy atom. The van der Waals surface area contributed by atoms with Crippen LogP contribution in [0.4, 0.5) is 0 Å². The molecule has 0 fully saturated rings. The lowest BCUT2D eigenvalue weighted by Gasteiger charge is -2.39. The Labute approximate surface area is 201 Å². The molecule has 4 atom stereocenters. The second-order valence-electron chi connectivity index (χ2n) is 8.80. The Morgan fingerprint density at radius 3 is 2.59 bits per heavy atom. The number of fused-ring (bicyclic) bond motifs is 1. The molecule has 0 aliphatic carbocycles. The first-order chi connectivity index (χ1) is 15.3. The van der Waals surface area contributed by atoms with Crippen LogP contribution in [-0.2, 0) is 22.6 Å². The summed E-state index contributed by atoms with van der Waals surface area (Å²) in [6, 6.07) is 6.98. The number of rotatable bonds is 13. The Hall–Kier alpha value is -1.26. The number of hydrogen-bond acceptors (Lipinski definition) is 7. The fourth-order valence-electron chi connectivity index (χ4n) is 3.92. The van der Waals surface area contributed by atoms with Crippen molar-refractivity contribution in [1.29, 1.82) is 0 Å². The van der Waals surface area contributed by atoms with Gasteiger partial charge < -0.3 is 21.5 Å². The van der Waals surface area contributed by atoms with Gasteiger partial charge in [0, 0.05) is 37.5 Å². The van der Waals surface area contributed by atoms with Gasteiger partial charge in [-0.1, -0.05) is 38.1 Å². The molecule has 1 heterocycles. The first-order valence-electron chi connectivity index (χ1n) is 11.2. The van der Waals surface area contributed by atoms with Crippen molar-refractivity contribution in [2.75, 3.05) is 30.9 Å². The fourth-order valence-corrected chi connectivity index (χ4v) is 4.52. The van der Waals surface area contributed by atoms with Crippen LogP contribution in [0.15, 0.2) is 24.3 Å². The van der Waals surface area contributed by atoms with Gasteiger partial charge in [-0.25, -0.2) is 4.79 Å². The molecule has 0 saturated heterocycles. The third kappa shape index (κ3) is 7.95. The number of aliphatic carboxylic acids is 1. The van der Waals surface area contributed by atoms with E-state index >= 15 is 0 Å². The molecular weight excluding hydrogens is 444 g/mol. The van der Waals surface area contributed by atoms with Gasteiger partial charge in [0.15, 0.2) is 0 Å². The number of nitrogens with zero attached hydrogens (tertiary/aromatic N) is 1. The molecule has 0 radical (unpaired) electrons. The van der Waals surface area contributed by atoms with Gasteiger partial charge in [0.25, 0.3) is 0 Å². The quantitative estimate of drug-likeness (QED) is 0.272. The van der Waals surface area contributed by atoms with Gasteiger partial charge in [-0.05, 0) is 41.9 Å². The highest BCUT2D eigenvalue weighted by molar-refractivity contribution is 7.98. The largest absolute Gasteiger partial charge is 0.480 e. The maximum atomic E-state index is 13.3. The summed E-state index contributed by atoms with van der Waals surface area (Å²) in [4.78, 5) is 27.1. The van der Waals surface area contributed by atoms with Crippen LogP contribution in [0.2, 0.25) is 0 Å². The van der Waals surface area contributed by atoms with Crippen molar-refractivity contribution in [3.63, 3.8) is 0 Å². The molecule has 1 aromatic rings. The van der Waals surface area contributed by atoms with Gasteiger partial charge in [0.1, 0.15) is 6.04 Å². The number of benzene rings is 1. The van der Waals surface area contributed by atoms with Gasteiger partial charge in [-0.3, -0.25) is 9.69 Å². The van der Waals surface area contributed by atoms with Gasteiger partial charge in [-0.2, -0.15) is 24.4 Å². The highest BCUT2D eigenvalue weighted by Crippen LogP contribution is 2.24. The predicted molar refractivity (Wildman–Crippen MR) is 135 cm³/mol. The SMILES string of the molecule is CSCC[C@H](NC(=O)C1Cc2ccccc2CN1CC(NCC(N)CS)C(C)C)C(=O)O. The Bertz CT molecular complexity index is 750. The number of nitrogens with one attached hydrogen (secondary N) is 2. The number of carboxylic acid groups (broad SMARTS) is 1. The van der Waals surface area contributed by atoms with Crippen LogP contribution in [0.5, 0.6) is 0 Å². The third-order valence-electron chi connectivity index (χ3n) is 5.99. The van der Waals surface area contributed by atoms with E-state index in [4.69, 9.17) is 5.73 Å². The Balaban J connectivity index is 2.20. The van der Waals surface area contributed by atoms with E-state index in [1.54, 1.807) is 11.8 Å². The van der Waals surface area contributed by atoms with Crippen molar-refractivity contribution >= 4 is 36.3 Å². The molecule has 1 aromatic carbocycles. The summed E-state index contributed by atoms with van der Waals surface area (Å²) in [5.41, 5.74) is 8.40. The molecule has 3 unspecified atom stereocenters. The van der Waals surface area contributed by atoms with E-state index in [0.717, 1.165) is 5.56 Å². The lowest BCUT2D eigenvalue weighted by molar-refractivity contribution is -0.143. The smallest absolute Gasteiger partial charge is 0.326 e. The van der Waals surface area contributed by atoms with Crippen molar-refractivity contribution in [3.05, 3.63) is 35.4 Å². The number of carboxylic acids is 1. The van der Waals surface area contributed by atoms with Crippen LogP contribution in [0.1, 0.15) is 31.4 Å². The standard InChI is InChI=1S/C23H38N4O3S2/c1-15(2)20(25-11-18(24)14-31)13-27-12-17-7-5-4-6-16(17)10-21(27)22(28)26-19(23(29)30)8-9-32-3/h4-7,15,18-21,25,31H,8-14,24H2,1-3H3,(H,26,28)(H,29,30)/t18?,19-,20?,21?/m0/s1. The van der Waals surface area contributed by atoms with Crippen molar-refractivity contribution in [3.8, 4) is 0 Å². The molecule has 1 amide bonds. The zero-order chi connectivity index (χ0) is 23.7. The van der Waals surface area contributed by atoms with E-state index in [9.17, 15) is 14.7 Å². The number of carbonyl (C=O) groups is 2. The van der Waals surface area contributed by atoms with Crippen molar-refractivity contribution in [2.45, 2.75) is 57.4 Å². The molecule has 32 heavy (non-hydrogen) atoms. The maximum absolute atomic E-state index is 13.3. The highest BCUT2D eigenvalue weighted by Gasteiger charge is 2.35. The molecule has 2 rings (SSSR count). The minimum atomic E-state index is -0.988. The second kappa shape index (κ2) is 13.4. The first kappa shape index (κ1) is 27.0. The second-order valence-corrected chi connectivity index (χ2v) is 10.2. The molecule has 0 aromatic heterocycles. The number of amides is 1. The lowest BCUT2D eigenvalue weighted by atomic mass is 9.91. The summed E-state index contributed by atoms with van der Waals surface area (Å²) >= 11 is 5.84. The average Bonchev–Trinajstić information content (AvgIpc) is 2.77. The number of carbonyl (C=O) groups excluding carboxylic acids is 1. The number of thiol groups is 1. The average molecular weight is 483 g/mol. The number of nitrogens with two attached hydrogens (primary N) is 1. The molecule has 5 N–H and O–H groups in total. The Kier molecular flexibility index (Phi) is 11.3. The van der Waals surface area contributed by atoms with E-state index < -0.39 is 18.1 Å². The van der Waals surface area contributed by atoms with Crippen molar-refractivity contribution in [1.82, 2.24) is 15.5 Å². The molecular formula is C23H38N4O3S2. The molecule has 1 aliphatic heterocycles. The van der Waals surface area contributed by atoms with E-state index in [0.29, 0.717) is 49.9 Å². The van der Waals surface area contributed by atoms with E-state index in [2.05, 4.69) is 54.1 Å². The van der Waals surface area contributed by atoms with E-state index in [1.165, 1.54) is 5.56 Å². The van der Waals surface area contributed by atoms with E-state index in [-0.39, 0.29) is 18.0 Å². The van der Waals surface area contributed by atoms with Crippen LogP contribution < -0.4 is 16.4 Å². The Morgan fingerprint density at radius 2 is 2.00 bits per heavy atom. The summed E-state index contributed by atoms with van der Waals surface area (Å²) in [7, 11) is 0. The van der Waals surface area contributed by atoms with Gasteiger partial charge in [0.05, 0.1) is 6.04 Å². The predicted octanol–water partition coefficient (Wildman–Crippen LogP) is 1.61. The summed E-state index contributed by atoms with van der Waals surface area (Å²) < 4.78 is 0. The van der Waals surface area contributed by atoms with Crippen molar-refractivity contribution < 1.29 is 14.7 Å². The van der Waals surface area contributed by atoms with Crippen molar-refractivity contribution in [2.24, 2.45) is 11.7 Å². The molecule has 7 nitrogen and oxygen atoms in total. The topological polar surface area (TPSA) is 108 Å². The zero-order valence-corrected chi connectivity index (χ0v) is 21.0. The van der Waals surface area contributed by atoms with Gasteiger partial charge >= 0.3 is 5.97 Å². The highest BCUT2D eigenvalue weighted by atomic mass is 32.2.